The molecule has 9 aromatic rings. The highest BCUT2D eigenvalue weighted by Crippen LogP contribution is 2.42. The van der Waals surface area contributed by atoms with Crippen LogP contribution < -0.4 is 5.32 Å². The number of nitrogens with one attached hydrogen (secondary N) is 1. The fraction of sp³-hybridized carbons (Fsp3) is 0.0238. The van der Waals surface area contributed by atoms with Crippen LogP contribution in [0.25, 0.3) is 65.8 Å². The Morgan fingerprint density at radius 2 is 1.33 bits per heavy atom. The molecule has 1 N–H and O–H groups in total. The first kappa shape index (κ1) is 26.7. The summed E-state index contributed by atoms with van der Waals surface area (Å²) in [6.45, 7) is 0. The summed E-state index contributed by atoms with van der Waals surface area (Å²) < 4.78 is 13.1. The minimum Gasteiger partial charge on any atom is -0.455 e. The molecule has 0 radical (unpaired) electrons. The van der Waals surface area contributed by atoms with Gasteiger partial charge in [-0.2, -0.15) is 0 Å². The summed E-state index contributed by atoms with van der Waals surface area (Å²) in [7, 11) is 0. The Labute approximate surface area is 274 Å². The maximum absolute atomic E-state index is 6.65. The van der Waals surface area contributed by atoms with Crippen LogP contribution in [-0.4, -0.2) is 16.7 Å². The predicted molar refractivity (Wildman–Crippen MR) is 194 cm³/mol. The van der Waals surface area contributed by atoms with E-state index in [1.807, 2.05) is 54.6 Å². The van der Waals surface area contributed by atoms with Gasteiger partial charge in [-0.1, -0.05) is 103 Å². The molecule has 3 aromatic heterocycles. The van der Waals surface area contributed by atoms with Crippen LogP contribution in [0.15, 0.2) is 165 Å². The molecular weight excluding hydrogens is 592 g/mol. The zero-order valence-electron chi connectivity index (χ0n) is 25.6. The molecule has 0 amide bonds. The first-order valence-corrected chi connectivity index (χ1v) is 16.0. The van der Waals surface area contributed by atoms with E-state index in [0.717, 1.165) is 77.3 Å². The molecule has 0 bridgehead atoms. The average Bonchev–Trinajstić information content (AvgIpc) is 3.74. The second-order valence-electron chi connectivity index (χ2n) is 12.1. The number of hydrogen-bond acceptors (Lipinski definition) is 6. The molecule has 226 valence electrons. The molecule has 10 rings (SSSR count). The van der Waals surface area contributed by atoms with Crippen molar-refractivity contribution in [2.24, 2.45) is 9.98 Å². The fourth-order valence-corrected chi connectivity index (χ4v) is 6.95. The molecule has 4 heterocycles. The Hall–Kier alpha value is -6.53. The van der Waals surface area contributed by atoms with Gasteiger partial charge in [0.1, 0.15) is 28.8 Å². The van der Waals surface area contributed by atoms with Crippen LogP contribution in [0.5, 0.6) is 0 Å². The highest BCUT2D eigenvalue weighted by atomic mass is 16.3. The van der Waals surface area contributed by atoms with Gasteiger partial charge in [-0.15, -0.1) is 0 Å². The average molecular weight is 619 g/mol. The molecule has 0 saturated carbocycles. The van der Waals surface area contributed by atoms with Crippen molar-refractivity contribution in [1.82, 2.24) is 10.3 Å². The highest BCUT2D eigenvalue weighted by Gasteiger charge is 2.26. The largest absolute Gasteiger partial charge is 0.455 e. The summed E-state index contributed by atoms with van der Waals surface area (Å²) in [4.78, 5) is 14.7. The lowest BCUT2D eigenvalue weighted by Crippen LogP contribution is -2.33. The Kier molecular flexibility index (Phi) is 5.84. The lowest BCUT2D eigenvalue weighted by molar-refractivity contribution is 0.663. The van der Waals surface area contributed by atoms with Gasteiger partial charge in [0.15, 0.2) is 11.4 Å². The summed E-state index contributed by atoms with van der Waals surface area (Å²) >= 11 is 0. The summed E-state index contributed by atoms with van der Waals surface area (Å²) in [5.41, 5.74) is 7.97. The first-order valence-electron chi connectivity index (χ1n) is 16.0. The summed E-state index contributed by atoms with van der Waals surface area (Å²) in [5.74, 6) is 1.39. The molecule has 1 aliphatic heterocycles. The van der Waals surface area contributed by atoms with Gasteiger partial charge < -0.3 is 14.2 Å². The summed E-state index contributed by atoms with van der Waals surface area (Å²) in [6.07, 6.45) is 3.23. The zero-order valence-corrected chi connectivity index (χ0v) is 25.6. The Morgan fingerprint density at radius 3 is 2.27 bits per heavy atom. The molecule has 48 heavy (non-hydrogen) atoms. The monoisotopic (exact) mass is 618 g/mol. The van der Waals surface area contributed by atoms with Crippen molar-refractivity contribution in [3.63, 3.8) is 0 Å². The molecule has 0 saturated heterocycles. The van der Waals surface area contributed by atoms with Crippen molar-refractivity contribution in [2.75, 3.05) is 0 Å². The van der Waals surface area contributed by atoms with Gasteiger partial charge in [0.2, 0.25) is 0 Å². The predicted octanol–water partition coefficient (Wildman–Crippen LogP) is 10.2. The molecule has 1 aliphatic rings. The molecule has 0 fully saturated rings. The molecule has 6 aromatic carbocycles. The Bertz CT molecular complexity index is 2770. The Balaban J connectivity index is 1.19. The molecular formula is C42H26N4O2. The first-order chi connectivity index (χ1) is 23.8. The van der Waals surface area contributed by atoms with E-state index in [1.165, 1.54) is 5.39 Å². The van der Waals surface area contributed by atoms with Gasteiger partial charge in [-0.25, -0.2) is 9.98 Å². The van der Waals surface area contributed by atoms with Gasteiger partial charge in [0, 0.05) is 50.0 Å². The van der Waals surface area contributed by atoms with Gasteiger partial charge in [-0.3, -0.25) is 4.98 Å². The van der Waals surface area contributed by atoms with Crippen molar-refractivity contribution < 1.29 is 8.83 Å². The molecule has 0 aliphatic carbocycles. The maximum Gasteiger partial charge on any atom is 0.159 e. The van der Waals surface area contributed by atoms with E-state index in [2.05, 4.69) is 89.2 Å². The van der Waals surface area contributed by atoms with Crippen molar-refractivity contribution in [1.29, 1.82) is 0 Å². The SMILES string of the molecule is c1ccc(C2=NC(c3ccc4ccccc4c3)NC(c3ccc(-c4cccc5c4oc4ccccc45)c4oc5cnccc5c34)=N2)cc1. The van der Waals surface area contributed by atoms with Crippen LogP contribution >= 0.6 is 0 Å². The number of fused-ring (bicyclic) bond motifs is 7. The van der Waals surface area contributed by atoms with Crippen molar-refractivity contribution in [3.8, 4) is 11.1 Å². The summed E-state index contributed by atoms with van der Waals surface area (Å²) in [5, 5.41) is 10.1. The number of benzene rings is 6. The number of amidine groups is 2. The van der Waals surface area contributed by atoms with Crippen molar-refractivity contribution in [2.45, 2.75) is 6.17 Å². The fourth-order valence-electron chi connectivity index (χ4n) is 6.95. The molecule has 1 unspecified atom stereocenters. The number of pyridine rings is 1. The number of aliphatic imine (C=N–C) groups is 2. The number of rotatable bonds is 4. The van der Waals surface area contributed by atoms with Gasteiger partial charge in [0.25, 0.3) is 0 Å². The number of nitrogens with zero attached hydrogens (tertiary/aromatic N) is 3. The van der Waals surface area contributed by atoms with Crippen LogP contribution in [-0.2, 0) is 0 Å². The highest BCUT2D eigenvalue weighted by molar-refractivity contribution is 6.24. The van der Waals surface area contributed by atoms with Gasteiger partial charge in [-0.05, 0) is 46.7 Å². The van der Waals surface area contributed by atoms with E-state index in [-0.39, 0.29) is 6.17 Å². The number of para-hydroxylation sites is 2. The van der Waals surface area contributed by atoms with E-state index in [4.69, 9.17) is 18.8 Å². The minimum atomic E-state index is -0.351. The number of hydrogen-bond donors (Lipinski definition) is 1. The molecule has 6 nitrogen and oxygen atoms in total. The van der Waals surface area contributed by atoms with Crippen molar-refractivity contribution in [3.05, 3.63) is 163 Å². The topological polar surface area (TPSA) is 75.9 Å². The number of furan rings is 2. The van der Waals surface area contributed by atoms with Gasteiger partial charge >= 0.3 is 0 Å². The van der Waals surface area contributed by atoms with E-state index in [0.29, 0.717) is 11.4 Å². The Morgan fingerprint density at radius 1 is 0.562 bits per heavy atom. The lowest BCUT2D eigenvalue weighted by Gasteiger charge is -2.24. The third kappa shape index (κ3) is 4.16. The molecule has 1 atom stereocenters. The van der Waals surface area contributed by atoms with Crippen LogP contribution in [0.3, 0.4) is 0 Å². The maximum atomic E-state index is 6.65. The van der Waals surface area contributed by atoms with E-state index in [1.54, 1.807) is 12.4 Å². The van der Waals surface area contributed by atoms with Gasteiger partial charge in [0.05, 0.1) is 6.20 Å². The number of aromatic nitrogens is 1. The smallest absolute Gasteiger partial charge is 0.159 e. The zero-order chi connectivity index (χ0) is 31.6. The third-order valence-corrected chi connectivity index (χ3v) is 9.24. The van der Waals surface area contributed by atoms with Crippen LogP contribution in [0, 0.1) is 0 Å². The van der Waals surface area contributed by atoms with Crippen LogP contribution in [0.2, 0.25) is 0 Å². The van der Waals surface area contributed by atoms with E-state index < -0.39 is 0 Å². The second kappa shape index (κ2) is 10.5. The molecule has 6 heteroatoms. The van der Waals surface area contributed by atoms with E-state index in [9.17, 15) is 0 Å². The second-order valence-corrected chi connectivity index (χ2v) is 12.1. The third-order valence-electron chi connectivity index (χ3n) is 9.24. The van der Waals surface area contributed by atoms with Crippen LogP contribution in [0.4, 0.5) is 0 Å². The quantitative estimate of drug-likeness (QED) is 0.213. The summed E-state index contributed by atoms with van der Waals surface area (Å²) in [6, 6.07) is 45.7. The minimum absolute atomic E-state index is 0.351. The van der Waals surface area contributed by atoms with Crippen LogP contribution in [0.1, 0.15) is 22.9 Å². The lowest BCUT2D eigenvalue weighted by atomic mass is 9.96. The van der Waals surface area contributed by atoms with E-state index >= 15 is 0 Å². The van der Waals surface area contributed by atoms with Crippen molar-refractivity contribution >= 4 is 66.3 Å². The standard InChI is InChI=1S/C42H26N4O2/c1-2-10-26(11-3-1)40-44-41(28-18-17-25-9-4-5-12-27(25)23-28)46-42(45-40)34-20-19-32(39-37(34)33-21-22-43-24-36(33)48-39)31-15-8-14-30-29-13-6-7-16-35(29)47-38(30)31/h1-24,41H,(H,44,45,46). The molecule has 0 spiro atoms. The normalized spacial score (nSPS) is 14.9.